The Morgan fingerprint density at radius 2 is 1.65 bits per heavy atom. The van der Waals surface area contributed by atoms with E-state index in [-0.39, 0.29) is 5.75 Å². The number of rotatable bonds is 6. The lowest BCUT2D eigenvalue weighted by Crippen LogP contribution is -2.47. The molecule has 0 saturated carbocycles. The third-order valence-electron chi connectivity index (χ3n) is 1.65. The van der Waals surface area contributed by atoms with Crippen LogP contribution in [0.15, 0.2) is 12.7 Å². The normalized spacial score (nSPS) is 12.1. The second kappa shape index (κ2) is 8.35. The topological polar surface area (TPSA) is 138 Å². The van der Waals surface area contributed by atoms with E-state index in [2.05, 4.69) is 11.9 Å². The van der Waals surface area contributed by atoms with Crippen molar-refractivity contribution in [3.63, 3.8) is 0 Å². The quantitative estimate of drug-likeness (QED) is 0.468. The second-order valence-corrected chi connectivity index (χ2v) is 7.61. The Bertz CT molecular complexity index is 520. The van der Waals surface area contributed by atoms with Crippen molar-refractivity contribution in [3.05, 3.63) is 12.7 Å². The van der Waals surface area contributed by atoms with Crippen molar-refractivity contribution in [1.82, 2.24) is 5.32 Å². The summed E-state index contributed by atoms with van der Waals surface area (Å²) in [5, 5.41) is 2.37. The van der Waals surface area contributed by atoms with Crippen LogP contribution in [0.5, 0.6) is 0 Å². The molecule has 3 N–H and O–H groups in total. The van der Waals surface area contributed by atoms with E-state index < -0.39 is 37.4 Å². The highest BCUT2D eigenvalue weighted by Gasteiger charge is 2.25. The van der Waals surface area contributed by atoms with Crippen molar-refractivity contribution < 1.29 is 30.7 Å². The number of carbonyl (C=O) groups is 1. The minimum absolute atomic E-state index is 0.132. The molecule has 0 aromatic heterocycles. The van der Waals surface area contributed by atoms with E-state index in [1.54, 1.807) is 6.92 Å². The lowest BCUT2D eigenvalue weighted by molar-refractivity contribution is -0.117. The van der Waals surface area contributed by atoms with Gasteiger partial charge in [-0.2, -0.15) is 16.8 Å². The summed E-state index contributed by atoms with van der Waals surface area (Å²) in [6.07, 6.45) is 1.50. The zero-order valence-corrected chi connectivity index (χ0v) is 13.3. The van der Waals surface area contributed by atoms with Gasteiger partial charge in [-0.3, -0.25) is 13.9 Å². The van der Waals surface area contributed by atoms with Crippen LogP contribution < -0.4 is 5.32 Å². The molecular formula is C10H21NO7S2. The molecule has 10 heteroatoms. The molecule has 8 nitrogen and oxygen atoms in total. The fourth-order valence-corrected chi connectivity index (χ4v) is 2.63. The van der Waals surface area contributed by atoms with Gasteiger partial charge in [-0.25, -0.2) is 0 Å². The van der Waals surface area contributed by atoms with Gasteiger partial charge < -0.3 is 5.32 Å². The van der Waals surface area contributed by atoms with Crippen molar-refractivity contribution >= 4 is 26.1 Å². The Labute approximate surface area is 119 Å². The molecule has 120 valence electrons. The van der Waals surface area contributed by atoms with Crippen molar-refractivity contribution in [2.24, 2.45) is 0 Å². The molecule has 0 aliphatic heterocycles. The molecule has 0 atom stereocenters. The van der Waals surface area contributed by atoms with E-state index in [0.29, 0.717) is 6.42 Å². The van der Waals surface area contributed by atoms with E-state index >= 15 is 0 Å². The maximum absolute atomic E-state index is 10.8. The van der Waals surface area contributed by atoms with E-state index in [9.17, 15) is 21.6 Å². The van der Waals surface area contributed by atoms with Gasteiger partial charge in [-0.05, 0) is 26.3 Å². The van der Waals surface area contributed by atoms with Crippen molar-refractivity contribution in [3.8, 4) is 0 Å². The van der Waals surface area contributed by atoms with Crippen LogP contribution in [0.4, 0.5) is 0 Å². The molecule has 0 unspecified atom stereocenters. The Hall–Kier alpha value is -0.970. The standard InChI is InChI=1S/C7H13NO4S.C3H8O3S/c1-4-6(9)8-7(2,3)5-13(10,11)12;1-2-3-7(4,5)6/h4H,1,5H2,2-3H3,(H,8,9)(H,10,11,12);2-3H2,1H3,(H,4,5,6). The lowest BCUT2D eigenvalue weighted by atomic mass is 10.1. The monoisotopic (exact) mass is 331 g/mol. The van der Waals surface area contributed by atoms with Gasteiger partial charge in [0.05, 0.1) is 17.0 Å². The largest absolute Gasteiger partial charge is 0.347 e. The molecule has 0 fully saturated rings. The Balaban J connectivity index is 0. The van der Waals surface area contributed by atoms with Crippen LogP contribution in [0.2, 0.25) is 0 Å². The number of hydrogen-bond acceptors (Lipinski definition) is 5. The minimum atomic E-state index is -4.08. The minimum Gasteiger partial charge on any atom is -0.347 e. The molecule has 0 aliphatic carbocycles. The summed E-state index contributed by atoms with van der Waals surface area (Å²) in [5.41, 5.74) is -1.00. The highest BCUT2D eigenvalue weighted by molar-refractivity contribution is 7.86. The van der Waals surface area contributed by atoms with Crippen LogP contribution in [-0.4, -0.2) is 48.9 Å². The van der Waals surface area contributed by atoms with Gasteiger partial charge in [0.2, 0.25) is 5.91 Å². The first-order valence-electron chi connectivity index (χ1n) is 5.57. The number of hydrogen-bond donors (Lipinski definition) is 3. The maximum Gasteiger partial charge on any atom is 0.267 e. The number of amides is 1. The van der Waals surface area contributed by atoms with Gasteiger partial charge in [0.25, 0.3) is 20.2 Å². The highest BCUT2D eigenvalue weighted by atomic mass is 32.2. The van der Waals surface area contributed by atoms with Crippen LogP contribution in [-0.2, 0) is 25.0 Å². The molecule has 0 aromatic carbocycles. The summed E-state index contributed by atoms with van der Waals surface area (Å²) in [4.78, 5) is 10.8. The van der Waals surface area contributed by atoms with Crippen molar-refractivity contribution in [2.45, 2.75) is 32.7 Å². The first-order chi connectivity index (χ1) is 8.72. The van der Waals surface area contributed by atoms with Crippen LogP contribution in [0.25, 0.3) is 0 Å². The maximum atomic E-state index is 10.8. The first kappa shape index (κ1) is 21.3. The summed E-state index contributed by atoms with van der Waals surface area (Å²) >= 11 is 0. The second-order valence-electron chi connectivity index (χ2n) is 4.59. The SMILES string of the molecule is C=CC(=O)NC(C)(C)CS(=O)(=O)O.CCCS(=O)(=O)O. The molecule has 0 spiro atoms. The fourth-order valence-electron chi connectivity index (χ4n) is 1.13. The molecule has 0 saturated heterocycles. The van der Waals surface area contributed by atoms with Gasteiger partial charge >= 0.3 is 0 Å². The average Bonchev–Trinajstić information content (AvgIpc) is 2.11. The van der Waals surface area contributed by atoms with E-state index in [4.69, 9.17) is 9.11 Å². The van der Waals surface area contributed by atoms with Gasteiger partial charge in [-0.1, -0.05) is 13.5 Å². The molecule has 0 heterocycles. The molecule has 0 radical (unpaired) electrons. The summed E-state index contributed by atoms with van der Waals surface area (Å²) in [6.45, 7) is 7.88. The third kappa shape index (κ3) is 17.0. The van der Waals surface area contributed by atoms with Gasteiger partial charge in [0.15, 0.2) is 0 Å². The molecule has 1 amide bonds. The summed E-state index contributed by atoms with van der Waals surface area (Å²) in [5.74, 6) is -1.14. The fraction of sp³-hybridized carbons (Fsp3) is 0.700. The zero-order valence-electron chi connectivity index (χ0n) is 11.7. The van der Waals surface area contributed by atoms with E-state index in [1.807, 2.05) is 0 Å². The van der Waals surface area contributed by atoms with Crippen LogP contribution in [0.3, 0.4) is 0 Å². The molecule has 0 rings (SSSR count). The Kier molecular flexibility index (Phi) is 8.90. The highest BCUT2D eigenvalue weighted by Crippen LogP contribution is 2.05. The van der Waals surface area contributed by atoms with Gasteiger partial charge in [-0.15, -0.1) is 0 Å². The Morgan fingerprint density at radius 3 is 1.85 bits per heavy atom. The number of nitrogens with one attached hydrogen (secondary N) is 1. The van der Waals surface area contributed by atoms with Gasteiger partial charge in [0, 0.05) is 0 Å². The summed E-state index contributed by atoms with van der Waals surface area (Å²) in [7, 11) is -7.76. The first-order valence-corrected chi connectivity index (χ1v) is 8.79. The van der Waals surface area contributed by atoms with Crippen molar-refractivity contribution in [2.75, 3.05) is 11.5 Å². The molecular weight excluding hydrogens is 310 g/mol. The van der Waals surface area contributed by atoms with Gasteiger partial charge in [0.1, 0.15) is 0 Å². The smallest absolute Gasteiger partial charge is 0.267 e. The lowest BCUT2D eigenvalue weighted by Gasteiger charge is -2.23. The molecule has 0 bridgehead atoms. The van der Waals surface area contributed by atoms with E-state index in [1.165, 1.54) is 13.8 Å². The number of carbonyl (C=O) groups excluding carboxylic acids is 1. The van der Waals surface area contributed by atoms with E-state index in [0.717, 1.165) is 6.08 Å². The Morgan fingerprint density at radius 1 is 1.20 bits per heavy atom. The summed E-state index contributed by atoms with van der Waals surface area (Å²) < 4.78 is 57.1. The molecule has 0 aliphatic rings. The van der Waals surface area contributed by atoms with Crippen LogP contribution in [0, 0.1) is 0 Å². The van der Waals surface area contributed by atoms with Crippen molar-refractivity contribution in [1.29, 1.82) is 0 Å². The third-order valence-corrected chi connectivity index (χ3v) is 3.66. The summed E-state index contributed by atoms with van der Waals surface area (Å²) in [6, 6.07) is 0. The zero-order chi connectivity index (χ0) is 16.6. The molecule has 20 heavy (non-hydrogen) atoms. The predicted molar refractivity (Wildman–Crippen MR) is 75.5 cm³/mol. The van der Waals surface area contributed by atoms with Crippen LogP contribution >= 0.6 is 0 Å². The van der Waals surface area contributed by atoms with Crippen LogP contribution in [0.1, 0.15) is 27.2 Å². The average molecular weight is 331 g/mol. The molecule has 0 aromatic rings. The predicted octanol–water partition coefficient (Wildman–Crippen LogP) is 0.239.